The highest BCUT2D eigenvalue weighted by Gasteiger charge is 2.27. The highest BCUT2D eigenvalue weighted by Crippen LogP contribution is 2.11. The molecule has 26 heavy (non-hydrogen) atoms. The number of Topliss-reactive ketones (excluding diaryl/α,β-unsaturated/α-hetero) is 1. The fraction of sp³-hybridized carbons (Fsp3) is 0.444. The van der Waals surface area contributed by atoms with E-state index < -0.39 is 29.6 Å². The van der Waals surface area contributed by atoms with E-state index in [0.717, 1.165) is 4.90 Å². The molecule has 1 atom stereocenters. The zero-order valence-corrected chi connectivity index (χ0v) is 15.5. The lowest BCUT2D eigenvalue weighted by molar-refractivity contribution is -0.125. The average Bonchev–Trinajstić information content (AvgIpc) is 2.56. The monoisotopic (exact) mass is 364 g/mol. The molecule has 142 valence electrons. The van der Waals surface area contributed by atoms with Gasteiger partial charge in [-0.25, -0.2) is 9.59 Å². The van der Waals surface area contributed by atoms with Crippen LogP contribution >= 0.6 is 0 Å². The number of rotatable bonds is 6. The predicted octanol–water partition coefficient (Wildman–Crippen LogP) is 1.94. The molecule has 0 unspecified atom stereocenters. The molecular weight excluding hydrogens is 340 g/mol. The molecule has 0 heterocycles. The van der Waals surface area contributed by atoms with Gasteiger partial charge in [-0.1, -0.05) is 12.1 Å². The maximum absolute atomic E-state index is 12.1. The van der Waals surface area contributed by atoms with Crippen molar-refractivity contribution in [3.05, 3.63) is 35.4 Å². The van der Waals surface area contributed by atoms with Gasteiger partial charge in [-0.15, -0.1) is 0 Å². The number of nitrogens with zero attached hydrogens (tertiary/aromatic N) is 1. The highest BCUT2D eigenvalue weighted by molar-refractivity contribution is 6.00. The van der Waals surface area contributed by atoms with E-state index in [-0.39, 0.29) is 23.5 Å². The van der Waals surface area contributed by atoms with Crippen LogP contribution in [-0.2, 0) is 9.53 Å². The topological polar surface area (TPSA) is 113 Å². The summed E-state index contributed by atoms with van der Waals surface area (Å²) in [6, 6.07) is 4.57. The van der Waals surface area contributed by atoms with E-state index in [1.807, 2.05) is 0 Å². The predicted molar refractivity (Wildman–Crippen MR) is 94.2 cm³/mol. The first-order valence-corrected chi connectivity index (χ1v) is 8.02. The molecule has 0 saturated heterocycles. The number of benzene rings is 1. The lowest BCUT2D eigenvalue weighted by atomic mass is 10.1. The first-order chi connectivity index (χ1) is 11.9. The number of carboxylic acids is 1. The molecule has 1 aromatic carbocycles. The van der Waals surface area contributed by atoms with E-state index in [2.05, 4.69) is 5.32 Å². The van der Waals surface area contributed by atoms with Crippen molar-refractivity contribution in [3.63, 3.8) is 0 Å². The third kappa shape index (κ3) is 6.19. The summed E-state index contributed by atoms with van der Waals surface area (Å²) in [5.74, 6) is -1.97. The maximum atomic E-state index is 12.1. The minimum atomic E-state index is -1.09. The fourth-order valence-electron chi connectivity index (χ4n) is 1.88. The Balaban J connectivity index is 2.60. The van der Waals surface area contributed by atoms with Crippen LogP contribution in [0.25, 0.3) is 0 Å². The molecule has 0 aromatic heterocycles. The number of hydrogen-bond donors (Lipinski definition) is 2. The Labute approximate surface area is 152 Å². The Morgan fingerprint density at radius 2 is 1.62 bits per heavy atom. The molecule has 2 N–H and O–H groups in total. The second kappa shape index (κ2) is 8.46. The number of carbonyl (C=O) groups excluding carboxylic acids is 3. The third-order valence-corrected chi connectivity index (χ3v) is 3.52. The summed E-state index contributed by atoms with van der Waals surface area (Å²) in [7, 11) is 1.44. The van der Waals surface area contributed by atoms with E-state index in [1.165, 1.54) is 38.2 Å². The van der Waals surface area contributed by atoms with E-state index in [9.17, 15) is 19.2 Å². The molecule has 0 fully saturated rings. The maximum Gasteiger partial charge on any atom is 0.410 e. The van der Waals surface area contributed by atoms with Gasteiger partial charge in [0.25, 0.3) is 0 Å². The van der Waals surface area contributed by atoms with Gasteiger partial charge < -0.3 is 15.2 Å². The zero-order valence-electron chi connectivity index (χ0n) is 15.5. The summed E-state index contributed by atoms with van der Waals surface area (Å²) < 4.78 is 5.19. The first kappa shape index (κ1) is 21.1. The quantitative estimate of drug-likeness (QED) is 0.746. The summed E-state index contributed by atoms with van der Waals surface area (Å²) in [5.41, 5.74) is -0.332. The molecule has 0 saturated carbocycles. The lowest BCUT2D eigenvalue weighted by Crippen LogP contribution is -2.48. The minimum absolute atomic E-state index is 0.0678. The molecule has 0 radical (unpaired) electrons. The first-order valence-electron chi connectivity index (χ1n) is 8.02. The summed E-state index contributed by atoms with van der Waals surface area (Å²) in [4.78, 5) is 48.1. The molecule has 1 rings (SSSR count). The molecule has 0 aliphatic heterocycles. The van der Waals surface area contributed by atoms with Gasteiger partial charge in [0.1, 0.15) is 11.6 Å². The molecule has 1 aromatic rings. The van der Waals surface area contributed by atoms with Gasteiger partial charge in [0.05, 0.1) is 12.1 Å². The summed E-state index contributed by atoms with van der Waals surface area (Å²) in [5, 5.41) is 11.3. The van der Waals surface area contributed by atoms with Crippen molar-refractivity contribution in [2.45, 2.75) is 39.3 Å². The van der Waals surface area contributed by atoms with E-state index in [4.69, 9.17) is 9.84 Å². The van der Waals surface area contributed by atoms with Gasteiger partial charge >= 0.3 is 12.1 Å². The molecule has 0 spiro atoms. The average molecular weight is 364 g/mol. The van der Waals surface area contributed by atoms with Crippen molar-refractivity contribution in [1.82, 2.24) is 10.2 Å². The number of aromatic carboxylic acids is 1. The summed E-state index contributed by atoms with van der Waals surface area (Å²) in [6.07, 6.45) is -0.643. The van der Waals surface area contributed by atoms with Crippen LogP contribution in [0.4, 0.5) is 4.79 Å². The molecule has 2 amide bonds. The number of ketones is 1. The van der Waals surface area contributed by atoms with Crippen LogP contribution < -0.4 is 5.32 Å². The number of nitrogens with one attached hydrogen (secondary N) is 1. The van der Waals surface area contributed by atoms with E-state index in [0.29, 0.717) is 0 Å². The number of carboxylic acid groups (broad SMARTS) is 1. The Hall–Kier alpha value is -2.90. The molecule has 8 nitrogen and oxygen atoms in total. The Kier molecular flexibility index (Phi) is 6.88. The van der Waals surface area contributed by atoms with E-state index in [1.54, 1.807) is 20.8 Å². The van der Waals surface area contributed by atoms with Gasteiger partial charge in [0, 0.05) is 12.6 Å². The van der Waals surface area contributed by atoms with Crippen molar-refractivity contribution < 1.29 is 29.0 Å². The van der Waals surface area contributed by atoms with Crippen molar-refractivity contribution in [3.8, 4) is 0 Å². The second-order valence-electron chi connectivity index (χ2n) is 6.79. The highest BCUT2D eigenvalue weighted by atomic mass is 16.6. The number of amides is 2. The van der Waals surface area contributed by atoms with Crippen LogP contribution in [-0.4, -0.2) is 59.0 Å². The molecule has 0 aliphatic rings. The largest absolute Gasteiger partial charge is 0.478 e. The number of ether oxygens (including phenoxy) is 1. The van der Waals surface area contributed by atoms with E-state index >= 15 is 0 Å². The Morgan fingerprint density at radius 1 is 1.12 bits per heavy atom. The van der Waals surface area contributed by atoms with Gasteiger partial charge in [-0.05, 0) is 39.8 Å². The Morgan fingerprint density at radius 3 is 2.08 bits per heavy atom. The van der Waals surface area contributed by atoms with Crippen LogP contribution in [0.15, 0.2) is 24.3 Å². The molecular formula is C18H24N2O6. The van der Waals surface area contributed by atoms with Gasteiger partial charge in [-0.2, -0.15) is 0 Å². The van der Waals surface area contributed by atoms with Crippen molar-refractivity contribution in [1.29, 1.82) is 0 Å². The van der Waals surface area contributed by atoms with Crippen LogP contribution in [0.1, 0.15) is 48.4 Å². The minimum Gasteiger partial charge on any atom is -0.478 e. The lowest BCUT2D eigenvalue weighted by Gasteiger charge is -2.28. The number of hydrogen-bond acceptors (Lipinski definition) is 5. The summed E-state index contributed by atoms with van der Waals surface area (Å²) >= 11 is 0. The van der Waals surface area contributed by atoms with Crippen LogP contribution in [0.3, 0.4) is 0 Å². The normalized spacial score (nSPS) is 12.0. The van der Waals surface area contributed by atoms with Gasteiger partial charge in [0.2, 0.25) is 5.91 Å². The van der Waals surface area contributed by atoms with Gasteiger partial charge in [-0.3, -0.25) is 14.5 Å². The second-order valence-corrected chi connectivity index (χ2v) is 6.79. The van der Waals surface area contributed by atoms with Crippen molar-refractivity contribution in [2.24, 2.45) is 0 Å². The standard InChI is InChI=1S/C18H24N2O6/c1-11(20(5)17(25)26-18(2,3)4)15(22)19-10-14(21)12-6-8-13(9-7-12)16(23)24/h6-9,11H,10H2,1-5H3,(H,19,22)(H,23,24)/t11-/m0/s1. The summed E-state index contributed by atoms with van der Waals surface area (Å²) in [6.45, 7) is 6.41. The third-order valence-electron chi connectivity index (χ3n) is 3.52. The smallest absolute Gasteiger partial charge is 0.410 e. The fourth-order valence-corrected chi connectivity index (χ4v) is 1.88. The van der Waals surface area contributed by atoms with Crippen LogP contribution in [0, 0.1) is 0 Å². The molecule has 0 bridgehead atoms. The number of carbonyl (C=O) groups is 4. The zero-order chi connectivity index (χ0) is 20.1. The SMILES string of the molecule is C[C@@H](C(=O)NCC(=O)c1ccc(C(=O)O)cc1)N(C)C(=O)OC(C)(C)C. The van der Waals surface area contributed by atoms with Gasteiger partial charge in [0.15, 0.2) is 5.78 Å². The van der Waals surface area contributed by atoms with Crippen molar-refractivity contribution >= 4 is 23.8 Å². The van der Waals surface area contributed by atoms with Crippen molar-refractivity contribution in [2.75, 3.05) is 13.6 Å². The van der Waals surface area contributed by atoms with Crippen LogP contribution in [0.5, 0.6) is 0 Å². The molecule has 8 heteroatoms. The van der Waals surface area contributed by atoms with Crippen LogP contribution in [0.2, 0.25) is 0 Å². The number of likely N-dealkylation sites (N-methyl/N-ethyl adjacent to an activating group) is 1. The Bertz CT molecular complexity index is 691. The molecule has 0 aliphatic carbocycles.